The Balaban J connectivity index is 3.99. The molecule has 0 aromatic heterocycles. The van der Waals surface area contributed by atoms with Gasteiger partial charge in [0.25, 0.3) is 0 Å². The van der Waals surface area contributed by atoms with E-state index in [0.717, 1.165) is 31.8 Å². The van der Waals surface area contributed by atoms with E-state index in [1.807, 2.05) is 0 Å². The Morgan fingerprint density at radius 1 is 1.14 bits per heavy atom. The van der Waals surface area contributed by atoms with E-state index in [2.05, 4.69) is 6.92 Å². The van der Waals surface area contributed by atoms with Gasteiger partial charge in [0, 0.05) is 11.6 Å². The van der Waals surface area contributed by atoms with Crippen molar-refractivity contribution in [2.75, 3.05) is 0 Å². The van der Waals surface area contributed by atoms with Crippen LogP contribution in [0.1, 0.15) is 39.0 Å². The van der Waals surface area contributed by atoms with E-state index in [-0.39, 0.29) is 0 Å². The zero-order valence-corrected chi connectivity index (χ0v) is 9.70. The highest BCUT2D eigenvalue weighted by molar-refractivity contribution is 6.70. The van der Waals surface area contributed by atoms with Gasteiger partial charge in [-0.25, -0.2) is 0 Å². The van der Waals surface area contributed by atoms with Crippen molar-refractivity contribution < 1.29 is 9.59 Å². The van der Waals surface area contributed by atoms with Crippen LogP contribution in [0.15, 0.2) is 11.6 Å². The van der Waals surface area contributed by atoms with E-state index in [4.69, 9.17) is 23.2 Å². The van der Waals surface area contributed by atoms with Crippen LogP contribution in [0.3, 0.4) is 0 Å². The molecule has 0 radical (unpaired) electrons. The molecule has 0 saturated carbocycles. The summed E-state index contributed by atoms with van der Waals surface area (Å²) in [5, 5.41) is -1.24. The maximum Gasteiger partial charge on any atom is 0.248 e. The van der Waals surface area contributed by atoms with E-state index in [9.17, 15) is 9.59 Å². The van der Waals surface area contributed by atoms with Gasteiger partial charge >= 0.3 is 0 Å². The normalized spacial score (nSPS) is 11.5. The lowest BCUT2D eigenvalue weighted by molar-refractivity contribution is -0.110. The van der Waals surface area contributed by atoms with Crippen LogP contribution in [0.4, 0.5) is 0 Å². The number of unbranched alkanes of at least 4 members (excludes halogenated alkanes) is 3. The van der Waals surface area contributed by atoms with Crippen LogP contribution in [0.2, 0.25) is 0 Å². The minimum atomic E-state index is -0.649. The molecule has 0 aliphatic carbocycles. The lowest BCUT2D eigenvalue weighted by Crippen LogP contribution is -1.96. The topological polar surface area (TPSA) is 34.1 Å². The molecule has 0 aromatic carbocycles. The summed E-state index contributed by atoms with van der Waals surface area (Å²) in [4.78, 5) is 21.4. The fraction of sp³-hybridized carbons (Fsp3) is 0.600. The number of hydrogen-bond donors (Lipinski definition) is 0. The zero-order chi connectivity index (χ0) is 11.0. The van der Waals surface area contributed by atoms with Crippen LogP contribution in [-0.4, -0.2) is 10.5 Å². The minimum absolute atomic E-state index is 0.308. The Morgan fingerprint density at radius 2 is 1.79 bits per heavy atom. The SMILES string of the molecule is CCCCCC/C(=C\C(=O)Cl)C(=O)Cl. The van der Waals surface area contributed by atoms with Crippen molar-refractivity contribution in [1.82, 2.24) is 0 Å². The summed E-state index contributed by atoms with van der Waals surface area (Å²) in [6, 6.07) is 0. The zero-order valence-electron chi connectivity index (χ0n) is 8.19. The van der Waals surface area contributed by atoms with Crippen molar-refractivity contribution in [3.63, 3.8) is 0 Å². The number of carbonyl (C=O) groups is 2. The Kier molecular flexibility index (Phi) is 7.81. The van der Waals surface area contributed by atoms with E-state index >= 15 is 0 Å². The first kappa shape index (κ1) is 13.7. The summed E-state index contributed by atoms with van der Waals surface area (Å²) >= 11 is 10.4. The molecule has 0 spiro atoms. The van der Waals surface area contributed by atoms with E-state index in [0.29, 0.717) is 12.0 Å². The van der Waals surface area contributed by atoms with Crippen molar-refractivity contribution in [3.05, 3.63) is 11.6 Å². The monoisotopic (exact) mass is 236 g/mol. The van der Waals surface area contributed by atoms with Gasteiger partial charge < -0.3 is 0 Å². The number of rotatable bonds is 7. The first-order valence-electron chi connectivity index (χ1n) is 4.67. The first-order valence-corrected chi connectivity index (χ1v) is 5.43. The smallest absolute Gasteiger partial charge is 0.248 e. The molecule has 0 N–H and O–H groups in total. The third-order valence-electron chi connectivity index (χ3n) is 1.84. The molecule has 0 aliphatic rings. The standard InChI is InChI=1S/C10H14Cl2O2/c1-2-3-4-5-6-8(10(12)14)7-9(11)13/h7H,2-6H2,1H3/b8-7+. The number of carbonyl (C=O) groups excluding carboxylic acids is 2. The number of hydrogen-bond acceptors (Lipinski definition) is 2. The number of allylic oxidation sites excluding steroid dienone is 2. The third-order valence-corrected chi connectivity index (χ3v) is 2.19. The molecule has 0 saturated heterocycles. The summed E-state index contributed by atoms with van der Waals surface area (Å²) in [7, 11) is 0. The fourth-order valence-electron chi connectivity index (χ4n) is 1.11. The molecule has 0 atom stereocenters. The van der Waals surface area contributed by atoms with Crippen LogP contribution in [0.5, 0.6) is 0 Å². The van der Waals surface area contributed by atoms with Gasteiger partial charge in [0.05, 0.1) is 0 Å². The van der Waals surface area contributed by atoms with Gasteiger partial charge in [-0.3, -0.25) is 9.59 Å². The predicted octanol–water partition coefficient (Wildman–Crippen LogP) is 3.41. The van der Waals surface area contributed by atoms with Crippen LogP contribution in [-0.2, 0) is 9.59 Å². The molecule has 0 rings (SSSR count). The molecular formula is C10H14Cl2O2. The van der Waals surface area contributed by atoms with Gasteiger partial charge in [-0.2, -0.15) is 0 Å². The van der Waals surface area contributed by atoms with Crippen molar-refractivity contribution in [3.8, 4) is 0 Å². The van der Waals surface area contributed by atoms with E-state index < -0.39 is 10.5 Å². The minimum Gasteiger partial charge on any atom is -0.276 e. The lowest BCUT2D eigenvalue weighted by atomic mass is 10.1. The quantitative estimate of drug-likeness (QED) is 0.386. The molecule has 14 heavy (non-hydrogen) atoms. The highest BCUT2D eigenvalue weighted by Gasteiger charge is 2.07. The fourth-order valence-corrected chi connectivity index (χ4v) is 1.39. The average molecular weight is 237 g/mol. The van der Waals surface area contributed by atoms with Crippen molar-refractivity contribution in [2.45, 2.75) is 39.0 Å². The maximum atomic E-state index is 10.8. The largest absolute Gasteiger partial charge is 0.276 e. The second-order valence-electron chi connectivity index (χ2n) is 3.06. The maximum absolute atomic E-state index is 10.8. The Bertz CT molecular complexity index is 234. The molecule has 0 heterocycles. The van der Waals surface area contributed by atoms with Gasteiger partial charge in [-0.05, 0) is 36.0 Å². The summed E-state index contributed by atoms with van der Waals surface area (Å²) < 4.78 is 0. The first-order chi connectivity index (χ1) is 6.57. The molecule has 0 amide bonds. The Morgan fingerprint density at radius 3 is 2.21 bits per heavy atom. The highest BCUT2D eigenvalue weighted by Crippen LogP contribution is 2.13. The van der Waals surface area contributed by atoms with Gasteiger partial charge in [-0.15, -0.1) is 0 Å². The van der Waals surface area contributed by atoms with Gasteiger partial charge in [0.1, 0.15) is 0 Å². The van der Waals surface area contributed by atoms with Crippen molar-refractivity contribution in [2.24, 2.45) is 0 Å². The average Bonchev–Trinajstić information content (AvgIpc) is 2.09. The summed E-state index contributed by atoms with van der Waals surface area (Å²) in [5.41, 5.74) is 0.308. The lowest BCUT2D eigenvalue weighted by Gasteiger charge is -2.00. The molecular weight excluding hydrogens is 223 g/mol. The highest BCUT2D eigenvalue weighted by atomic mass is 35.5. The van der Waals surface area contributed by atoms with Gasteiger partial charge in [0.15, 0.2) is 0 Å². The molecule has 0 aromatic rings. The second-order valence-corrected chi connectivity index (χ2v) is 3.77. The van der Waals surface area contributed by atoms with Gasteiger partial charge in [-0.1, -0.05) is 26.2 Å². The van der Waals surface area contributed by atoms with E-state index in [1.165, 1.54) is 0 Å². The molecule has 80 valence electrons. The van der Waals surface area contributed by atoms with Crippen LogP contribution >= 0.6 is 23.2 Å². The van der Waals surface area contributed by atoms with Crippen LogP contribution < -0.4 is 0 Å². The Hall–Kier alpha value is -0.340. The predicted molar refractivity (Wildman–Crippen MR) is 58.6 cm³/mol. The molecule has 4 heteroatoms. The van der Waals surface area contributed by atoms with Crippen LogP contribution in [0, 0.1) is 0 Å². The van der Waals surface area contributed by atoms with Crippen molar-refractivity contribution >= 4 is 33.7 Å². The summed E-state index contributed by atoms with van der Waals surface area (Å²) in [6.07, 6.45) is 5.78. The molecule has 0 aliphatic heterocycles. The van der Waals surface area contributed by atoms with E-state index in [1.54, 1.807) is 0 Å². The van der Waals surface area contributed by atoms with Gasteiger partial charge in [0.2, 0.25) is 10.5 Å². The third kappa shape index (κ3) is 7.10. The Labute approximate surface area is 94.3 Å². The second kappa shape index (κ2) is 8.01. The molecule has 2 nitrogen and oxygen atoms in total. The molecule has 0 bridgehead atoms. The molecule has 0 fully saturated rings. The number of halogens is 2. The summed E-state index contributed by atoms with van der Waals surface area (Å²) in [6.45, 7) is 2.10. The van der Waals surface area contributed by atoms with Crippen molar-refractivity contribution in [1.29, 1.82) is 0 Å². The molecule has 0 unspecified atom stereocenters. The summed E-state index contributed by atoms with van der Waals surface area (Å²) in [5.74, 6) is 0. The van der Waals surface area contributed by atoms with Crippen LogP contribution in [0.25, 0.3) is 0 Å².